The van der Waals surface area contributed by atoms with Gasteiger partial charge in [0.25, 0.3) is 11.5 Å². The van der Waals surface area contributed by atoms with Gasteiger partial charge in [-0.1, -0.05) is 6.92 Å². The van der Waals surface area contributed by atoms with Gasteiger partial charge in [0.05, 0.1) is 5.56 Å². The van der Waals surface area contributed by atoms with Crippen LogP contribution in [0.3, 0.4) is 0 Å². The van der Waals surface area contributed by atoms with Crippen molar-refractivity contribution in [2.24, 2.45) is 0 Å². The molecule has 1 aliphatic heterocycles. The first kappa shape index (κ1) is 23.7. The van der Waals surface area contributed by atoms with E-state index < -0.39 is 0 Å². The predicted molar refractivity (Wildman–Crippen MR) is 128 cm³/mol. The molecular weight excluding hydrogens is 408 g/mol. The summed E-state index contributed by atoms with van der Waals surface area (Å²) in [5, 5.41) is 4.93. The van der Waals surface area contributed by atoms with E-state index in [1.54, 1.807) is 11.3 Å². The fraction of sp³-hybridized carbons (Fsp3) is 0.583. The first-order chi connectivity index (χ1) is 14.7. The lowest BCUT2D eigenvalue weighted by Crippen LogP contribution is -2.43. The second-order valence-electron chi connectivity index (χ2n) is 8.92. The second-order valence-corrected chi connectivity index (χ2v) is 9.83. The maximum Gasteiger partial charge on any atom is 0.253 e. The molecule has 3 rings (SSSR count). The number of amides is 1. The minimum Gasteiger partial charge on any atom is -0.348 e. The molecule has 7 heteroatoms. The van der Waals surface area contributed by atoms with Crippen molar-refractivity contribution in [2.75, 3.05) is 27.2 Å². The largest absolute Gasteiger partial charge is 0.348 e. The number of aryl methyl sites for hydroxylation is 2. The van der Waals surface area contributed by atoms with Crippen LogP contribution in [0, 0.1) is 20.8 Å². The molecule has 0 spiro atoms. The zero-order chi connectivity index (χ0) is 22.7. The van der Waals surface area contributed by atoms with Gasteiger partial charge >= 0.3 is 0 Å². The lowest BCUT2D eigenvalue weighted by molar-refractivity contribution is 0.0949. The Morgan fingerprint density at radius 1 is 1.29 bits per heavy atom. The van der Waals surface area contributed by atoms with Crippen LogP contribution in [0.5, 0.6) is 0 Å². The van der Waals surface area contributed by atoms with Gasteiger partial charge in [-0.05, 0) is 71.3 Å². The number of piperidine rings is 1. The first-order valence-electron chi connectivity index (χ1n) is 11.2. The van der Waals surface area contributed by atoms with Gasteiger partial charge in [0.15, 0.2) is 0 Å². The summed E-state index contributed by atoms with van der Waals surface area (Å²) in [7, 11) is 4.33. The molecule has 0 aliphatic carbocycles. The van der Waals surface area contributed by atoms with Crippen molar-refractivity contribution in [1.82, 2.24) is 20.1 Å². The topological polar surface area (TPSA) is 68.4 Å². The van der Waals surface area contributed by atoms with Gasteiger partial charge < -0.3 is 15.2 Å². The number of thiophene rings is 1. The summed E-state index contributed by atoms with van der Waals surface area (Å²) in [5.41, 5.74) is 4.00. The maximum atomic E-state index is 12.9. The van der Waals surface area contributed by atoms with E-state index in [4.69, 9.17) is 0 Å². The third-order valence-electron chi connectivity index (χ3n) is 6.60. The van der Waals surface area contributed by atoms with Crippen LogP contribution in [0.2, 0.25) is 0 Å². The van der Waals surface area contributed by atoms with Gasteiger partial charge in [0.2, 0.25) is 0 Å². The molecule has 170 valence electrons. The van der Waals surface area contributed by atoms with Crippen molar-refractivity contribution in [3.05, 3.63) is 54.6 Å². The van der Waals surface area contributed by atoms with Gasteiger partial charge in [-0.15, -0.1) is 11.3 Å². The van der Waals surface area contributed by atoms with Crippen molar-refractivity contribution in [1.29, 1.82) is 0 Å². The van der Waals surface area contributed by atoms with Crippen LogP contribution in [0.1, 0.15) is 69.8 Å². The first-order valence-corrected chi connectivity index (χ1v) is 12.1. The minimum atomic E-state index is -0.132. The van der Waals surface area contributed by atoms with Crippen LogP contribution in [0.4, 0.5) is 0 Å². The smallest absolute Gasteiger partial charge is 0.253 e. The summed E-state index contributed by atoms with van der Waals surface area (Å²) in [6, 6.07) is 2.95. The summed E-state index contributed by atoms with van der Waals surface area (Å²) < 4.78 is 0. The third-order valence-corrected chi connectivity index (χ3v) is 7.79. The number of carbonyl (C=O) groups is 1. The van der Waals surface area contributed by atoms with Gasteiger partial charge in [-0.2, -0.15) is 0 Å². The predicted octanol–water partition coefficient (Wildman–Crippen LogP) is 3.77. The average Bonchev–Trinajstić information content (AvgIpc) is 3.09. The zero-order valence-electron chi connectivity index (χ0n) is 19.7. The summed E-state index contributed by atoms with van der Waals surface area (Å²) >= 11 is 1.69. The van der Waals surface area contributed by atoms with E-state index in [2.05, 4.69) is 48.0 Å². The number of rotatable bonds is 7. The lowest BCUT2D eigenvalue weighted by atomic mass is 9.98. The monoisotopic (exact) mass is 444 g/mol. The molecule has 0 aromatic carbocycles. The summed E-state index contributed by atoms with van der Waals surface area (Å²) in [6.07, 6.45) is 3.41. The van der Waals surface area contributed by atoms with E-state index in [0.29, 0.717) is 17.6 Å². The highest BCUT2D eigenvalue weighted by Crippen LogP contribution is 2.35. The van der Waals surface area contributed by atoms with E-state index >= 15 is 0 Å². The molecule has 2 N–H and O–H groups in total. The van der Waals surface area contributed by atoms with Gasteiger partial charge in [0, 0.05) is 53.2 Å². The van der Waals surface area contributed by atoms with E-state index in [1.807, 2.05) is 25.3 Å². The highest BCUT2D eigenvalue weighted by atomic mass is 32.1. The molecule has 0 saturated carbocycles. The summed E-state index contributed by atoms with van der Waals surface area (Å²) in [5.74, 6) is -0.111. The number of nitrogens with one attached hydrogen (secondary N) is 2. The molecule has 1 saturated heterocycles. The Bertz CT molecular complexity index is 970. The number of aromatic amines is 1. The van der Waals surface area contributed by atoms with Gasteiger partial charge in [-0.25, -0.2) is 0 Å². The van der Waals surface area contributed by atoms with Crippen LogP contribution in [-0.2, 0) is 6.54 Å². The fourth-order valence-corrected chi connectivity index (χ4v) is 5.96. The normalized spacial score (nSPS) is 16.6. The molecule has 0 radical (unpaired) electrons. The molecule has 1 fully saturated rings. The molecular formula is C24H36N4O2S. The van der Waals surface area contributed by atoms with Crippen molar-refractivity contribution >= 4 is 17.2 Å². The molecule has 2 aromatic heterocycles. The molecule has 1 unspecified atom stereocenters. The van der Waals surface area contributed by atoms with E-state index in [1.165, 1.54) is 17.7 Å². The Labute approximate surface area is 189 Å². The quantitative estimate of drug-likeness (QED) is 0.682. The Morgan fingerprint density at radius 2 is 1.97 bits per heavy atom. The highest BCUT2D eigenvalue weighted by molar-refractivity contribution is 7.10. The second kappa shape index (κ2) is 10.1. The maximum absolute atomic E-state index is 12.9. The standard InChI is InChI=1S/C24H36N4O2S/c1-7-21(28-10-8-18(9-11-28)27(5)6)22-17(4)20(14-31-22)23(29)25-13-19-15(2)12-16(3)26-24(19)30/h12,14,18,21H,7-11,13H2,1-6H3,(H,25,29)(H,26,30). The molecule has 0 bridgehead atoms. The highest BCUT2D eigenvalue weighted by Gasteiger charge is 2.29. The zero-order valence-corrected chi connectivity index (χ0v) is 20.5. The average molecular weight is 445 g/mol. The van der Waals surface area contributed by atoms with Crippen molar-refractivity contribution in [3.63, 3.8) is 0 Å². The lowest BCUT2D eigenvalue weighted by Gasteiger charge is -2.39. The molecule has 1 atom stereocenters. The Morgan fingerprint density at radius 3 is 2.55 bits per heavy atom. The van der Waals surface area contributed by atoms with Crippen LogP contribution in [0.25, 0.3) is 0 Å². The van der Waals surface area contributed by atoms with Crippen molar-refractivity contribution in [3.8, 4) is 0 Å². The molecule has 1 aliphatic rings. The molecule has 3 heterocycles. The van der Waals surface area contributed by atoms with Crippen LogP contribution in [0.15, 0.2) is 16.2 Å². The number of hydrogen-bond donors (Lipinski definition) is 2. The summed E-state index contributed by atoms with van der Waals surface area (Å²) in [6.45, 7) is 10.5. The molecule has 1 amide bonds. The number of carbonyl (C=O) groups excluding carboxylic acids is 1. The van der Waals surface area contributed by atoms with Crippen LogP contribution >= 0.6 is 11.3 Å². The SMILES string of the molecule is CCC(c1scc(C(=O)NCc2c(C)cc(C)[nH]c2=O)c1C)N1CCC(N(C)C)CC1. The van der Waals surface area contributed by atoms with Crippen molar-refractivity contribution in [2.45, 2.75) is 65.6 Å². The number of pyridine rings is 1. The Hall–Kier alpha value is -1.96. The molecule has 31 heavy (non-hydrogen) atoms. The number of aromatic nitrogens is 1. The molecule has 6 nitrogen and oxygen atoms in total. The Kier molecular flexibility index (Phi) is 7.73. The Balaban J connectivity index is 1.70. The third kappa shape index (κ3) is 5.27. The van der Waals surface area contributed by atoms with Gasteiger partial charge in [-0.3, -0.25) is 14.5 Å². The van der Waals surface area contributed by atoms with Crippen LogP contribution < -0.4 is 10.9 Å². The van der Waals surface area contributed by atoms with E-state index in [0.717, 1.165) is 41.9 Å². The van der Waals surface area contributed by atoms with Crippen molar-refractivity contribution < 1.29 is 4.79 Å². The fourth-order valence-electron chi connectivity index (χ4n) is 4.67. The summed E-state index contributed by atoms with van der Waals surface area (Å²) in [4.78, 5) is 34.2. The minimum absolute atomic E-state index is 0.111. The van der Waals surface area contributed by atoms with E-state index in [9.17, 15) is 9.59 Å². The number of nitrogens with zero attached hydrogens (tertiary/aromatic N) is 2. The van der Waals surface area contributed by atoms with Gasteiger partial charge in [0.1, 0.15) is 0 Å². The van der Waals surface area contributed by atoms with Crippen LogP contribution in [-0.4, -0.2) is 53.9 Å². The number of likely N-dealkylation sites (tertiary alicyclic amines) is 1. The number of hydrogen-bond acceptors (Lipinski definition) is 5. The number of H-pyrrole nitrogens is 1. The molecule has 2 aromatic rings. The van der Waals surface area contributed by atoms with E-state index in [-0.39, 0.29) is 18.0 Å².